The van der Waals surface area contributed by atoms with E-state index in [0.29, 0.717) is 15.7 Å². The summed E-state index contributed by atoms with van der Waals surface area (Å²) in [6.07, 6.45) is -3.25. The molecule has 0 saturated carbocycles. The van der Waals surface area contributed by atoms with Gasteiger partial charge in [0.15, 0.2) is 0 Å². The maximum Gasteiger partial charge on any atom is 0.406 e. The van der Waals surface area contributed by atoms with Crippen LogP contribution in [0.2, 0.25) is 5.15 Å². The van der Waals surface area contributed by atoms with Crippen molar-refractivity contribution >= 4 is 28.3 Å². The third-order valence-corrected chi connectivity index (χ3v) is 3.04. The van der Waals surface area contributed by atoms with Crippen LogP contribution in [0.3, 0.4) is 0 Å². The molecule has 0 aliphatic carbocycles. The predicted octanol–water partition coefficient (Wildman–Crippen LogP) is 3.52. The Morgan fingerprint density at radius 3 is 2.50 bits per heavy atom. The highest BCUT2D eigenvalue weighted by molar-refractivity contribution is 6.34. The summed E-state index contributed by atoms with van der Waals surface area (Å²) < 4.78 is 37.0. The highest BCUT2D eigenvalue weighted by atomic mass is 35.5. The standard InChI is InChI=1S/C13H10ClF3N2O/c1-19(7-13(15,16)17)12(20)10-6-18-11(14)9-5-3-2-4-8(9)10/h2-6H,7H2,1H3. The van der Waals surface area contributed by atoms with Crippen molar-refractivity contribution in [2.24, 2.45) is 0 Å². The van der Waals surface area contributed by atoms with E-state index in [-0.39, 0.29) is 10.7 Å². The number of amides is 1. The second-order valence-electron chi connectivity index (χ2n) is 4.28. The molecule has 0 N–H and O–H groups in total. The first-order valence-electron chi connectivity index (χ1n) is 5.65. The lowest BCUT2D eigenvalue weighted by Gasteiger charge is -2.19. The molecule has 0 saturated heterocycles. The van der Waals surface area contributed by atoms with Gasteiger partial charge in [-0.3, -0.25) is 4.79 Å². The van der Waals surface area contributed by atoms with Crippen LogP contribution in [0.25, 0.3) is 10.8 Å². The molecule has 7 heteroatoms. The third kappa shape index (κ3) is 3.01. The smallest absolute Gasteiger partial charge is 0.333 e. The Morgan fingerprint density at radius 2 is 1.90 bits per heavy atom. The number of fused-ring (bicyclic) bond motifs is 1. The maximum atomic E-state index is 12.3. The molecule has 0 unspecified atom stereocenters. The first-order chi connectivity index (χ1) is 9.29. The lowest BCUT2D eigenvalue weighted by Crippen LogP contribution is -2.36. The highest BCUT2D eigenvalue weighted by Crippen LogP contribution is 2.25. The molecular formula is C13H10ClF3N2O. The van der Waals surface area contributed by atoms with Crippen LogP contribution in [-0.2, 0) is 0 Å². The van der Waals surface area contributed by atoms with Crippen molar-refractivity contribution < 1.29 is 18.0 Å². The first-order valence-corrected chi connectivity index (χ1v) is 6.03. The van der Waals surface area contributed by atoms with E-state index in [2.05, 4.69) is 4.98 Å². The third-order valence-electron chi connectivity index (χ3n) is 2.74. The Balaban J connectivity index is 2.43. The Kier molecular flexibility index (Phi) is 3.85. The van der Waals surface area contributed by atoms with Gasteiger partial charge in [-0.05, 0) is 5.39 Å². The van der Waals surface area contributed by atoms with Crippen LogP contribution in [0.15, 0.2) is 30.5 Å². The molecule has 3 nitrogen and oxygen atoms in total. The Labute approximate surface area is 118 Å². The van der Waals surface area contributed by atoms with Gasteiger partial charge in [0.2, 0.25) is 0 Å². The summed E-state index contributed by atoms with van der Waals surface area (Å²) in [5, 5.41) is 1.21. The van der Waals surface area contributed by atoms with E-state index in [0.717, 1.165) is 7.05 Å². The van der Waals surface area contributed by atoms with Gasteiger partial charge in [-0.25, -0.2) is 4.98 Å². The summed E-state index contributed by atoms with van der Waals surface area (Å²) in [6.45, 7) is -1.32. The number of alkyl halides is 3. The minimum atomic E-state index is -4.44. The molecule has 0 fully saturated rings. The molecule has 0 aliphatic heterocycles. The number of hydrogen-bond donors (Lipinski definition) is 0. The first kappa shape index (κ1) is 14.6. The van der Waals surface area contributed by atoms with Gasteiger partial charge in [0, 0.05) is 18.6 Å². The van der Waals surface area contributed by atoms with Gasteiger partial charge in [-0.15, -0.1) is 0 Å². The lowest BCUT2D eigenvalue weighted by atomic mass is 10.1. The number of nitrogens with zero attached hydrogens (tertiary/aromatic N) is 2. The van der Waals surface area contributed by atoms with E-state index in [1.165, 1.54) is 6.20 Å². The number of carbonyl (C=O) groups is 1. The second kappa shape index (κ2) is 5.28. The number of halogens is 4. The zero-order valence-corrected chi connectivity index (χ0v) is 11.2. The summed E-state index contributed by atoms with van der Waals surface area (Å²) >= 11 is 5.90. The number of pyridine rings is 1. The molecule has 2 rings (SSSR count). The van der Waals surface area contributed by atoms with Gasteiger partial charge in [-0.2, -0.15) is 13.2 Å². The summed E-state index contributed by atoms with van der Waals surface area (Å²) in [6, 6.07) is 6.67. The molecular weight excluding hydrogens is 293 g/mol. The van der Waals surface area contributed by atoms with Crippen LogP contribution in [0, 0.1) is 0 Å². The van der Waals surface area contributed by atoms with Crippen molar-refractivity contribution in [3.05, 3.63) is 41.2 Å². The Morgan fingerprint density at radius 1 is 1.30 bits per heavy atom. The molecule has 0 spiro atoms. The molecule has 2 aromatic rings. The molecule has 0 aliphatic rings. The summed E-state index contributed by atoms with van der Waals surface area (Å²) in [7, 11) is 1.10. The van der Waals surface area contributed by atoms with Crippen molar-refractivity contribution in [1.29, 1.82) is 0 Å². The SMILES string of the molecule is CN(CC(F)(F)F)C(=O)c1cnc(Cl)c2ccccc12. The monoisotopic (exact) mass is 302 g/mol. The van der Waals surface area contributed by atoms with E-state index in [1.807, 2.05) is 0 Å². The molecule has 1 aromatic heterocycles. The minimum absolute atomic E-state index is 0.0942. The van der Waals surface area contributed by atoms with Crippen molar-refractivity contribution in [2.75, 3.05) is 13.6 Å². The number of carbonyl (C=O) groups excluding carboxylic acids is 1. The average molecular weight is 303 g/mol. The van der Waals surface area contributed by atoms with Gasteiger partial charge >= 0.3 is 6.18 Å². The molecule has 1 heterocycles. The molecule has 0 radical (unpaired) electrons. The predicted molar refractivity (Wildman–Crippen MR) is 69.8 cm³/mol. The van der Waals surface area contributed by atoms with E-state index in [1.54, 1.807) is 24.3 Å². The fourth-order valence-electron chi connectivity index (χ4n) is 1.87. The number of hydrogen-bond acceptors (Lipinski definition) is 2. The molecule has 20 heavy (non-hydrogen) atoms. The molecule has 106 valence electrons. The van der Waals surface area contributed by atoms with Gasteiger partial charge < -0.3 is 4.90 Å². The van der Waals surface area contributed by atoms with E-state index < -0.39 is 18.6 Å². The lowest BCUT2D eigenvalue weighted by molar-refractivity contribution is -0.138. The van der Waals surface area contributed by atoms with Gasteiger partial charge in [-0.1, -0.05) is 35.9 Å². The van der Waals surface area contributed by atoms with Crippen molar-refractivity contribution in [1.82, 2.24) is 9.88 Å². The van der Waals surface area contributed by atoms with Gasteiger partial charge in [0.1, 0.15) is 11.7 Å². The van der Waals surface area contributed by atoms with E-state index in [4.69, 9.17) is 11.6 Å². The fourth-order valence-corrected chi connectivity index (χ4v) is 2.09. The number of rotatable bonds is 2. The summed E-state index contributed by atoms with van der Waals surface area (Å²) in [5.41, 5.74) is 0.0942. The molecule has 0 bridgehead atoms. The largest absolute Gasteiger partial charge is 0.406 e. The van der Waals surface area contributed by atoms with Crippen molar-refractivity contribution in [3.63, 3.8) is 0 Å². The molecule has 0 atom stereocenters. The van der Waals surface area contributed by atoms with Crippen molar-refractivity contribution in [2.45, 2.75) is 6.18 Å². The van der Waals surface area contributed by atoms with Crippen LogP contribution in [-0.4, -0.2) is 35.6 Å². The van der Waals surface area contributed by atoms with Crippen LogP contribution in [0.1, 0.15) is 10.4 Å². The fraction of sp³-hybridized carbons (Fsp3) is 0.231. The van der Waals surface area contributed by atoms with Crippen LogP contribution >= 0.6 is 11.6 Å². The van der Waals surface area contributed by atoms with Crippen molar-refractivity contribution in [3.8, 4) is 0 Å². The van der Waals surface area contributed by atoms with Gasteiger partial charge in [0.05, 0.1) is 5.56 Å². The van der Waals surface area contributed by atoms with E-state index >= 15 is 0 Å². The molecule has 1 aromatic carbocycles. The highest BCUT2D eigenvalue weighted by Gasteiger charge is 2.32. The molecule has 1 amide bonds. The quantitative estimate of drug-likeness (QED) is 0.795. The van der Waals surface area contributed by atoms with Crippen LogP contribution in [0.4, 0.5) is 13.2 Å². The Hall–Kier alpha value is -1.82. The zero-order chi connectivity index (χ0) is 14.9. The normalized spacial score (nSPS) is 11.7. The average Bonchev–Trinajstić information content (AvgIpc) is 2.37. The van der Waals surface area contributed by atoms with E-state index in [9.17, 15) is 18.0 Å². The zero-order valence-electron chi connectivity index (χ0n) is 10.4. The topological polar surface area (TPSA) is 33.2 Å². The number of benzene rings is 1. The Bertz CT molecular complexity index is 658. The maximum absolute atomic E-state index is 12.3. The van der Waals surface area contributed by atoms with Gasteiger partial charge in [0.25, 0.3) is 5.91 Å². The number of aromatic nitrogens is 1. The second-order valence-corrected chi connectivity index (χ2v) is 4.64. The summed E-state index contributed by atoms with van der Waals surface area (Å²) in [5.74, 6) is -0.748. The van der Waals surface area contributed by atoms with Crippen LogP contribution < -0.4 is 0 Å². The summed E-state index contributed by atoms with van der Waals surface area (Å²) in [4.78, 5) is 16.5. The van der Waals surface area contributed by atoms with Crippen LogP contribution in [0.5, 0.6) is 0 Å². The minimum Gasteiger partial charge on any atom is -0.333 e.